The summed E-state index contributed by atoms with van der Waals surface area (Å²) in [7, 11) is 1.21. The highest BCUT2D eigenvalue weighted by atomic mass is 35.5. The lowest BCUT2D eigenvalue weighted by Crippen LogP contribution is -2.07. The van der Waals surface area contributed by atoms with Crippen molar-refractivity contribution in [3.05, 3.63) is 28.3 Å². The van der Waals surface area contributed by atoms with Crippen molar-refractivity contribution >= 4 is 17.9 Å². The van der Waals surface area contributed by atoms with Crippen molar-refractivity contribution in [2.24, 2.45) is 0 Å². The van der Waals surface area contributed by atoms with E-state index >= 15 is 0 Å². The SMILES string of the molecule is COc1cc(C=O)c(Cl)c(C(F)(F)F)c1. The van der Waals surface area contributed by atoms with E-state index in [-0.39, 0.29) is 17.6 Å². The molecule has 6 heteroatoms. The summed E-state index contributed by atoms with van der Waals surface area (Å²) < 4.78 is 41.9. The Bertz CT molecular complexity index is 388. The molecule has 0 aromatic heterocycles. The van der Waals surface area contributed by atoms with Gasteiger partial charge in [-0.05, 0) is 12.1 Å². The zero-order chi connectivity index (χ0) is 11.6. The third kappa shape index (κ3) is 2.41. The summed E-state index contributed by atoms with van der Waals surface area (Å²) in [5, 5.41) is -0.613. The van der Waals surface area contributed by atoms with Gasteiger partial charge in [0.2, 0.25) is 0 Å². The number of benzene rings is 1. The first kappa shape index (κ1) is 11.8. The van der Waals surface area contributed by atoms with E-state index in [0.717, 1.165) is 12.1 Å². The zero-order valence-electron chi connectivity index (χ0n) is 7.56. The molecule has 2 nitrogen and oxygen atoms in total. The monoisotopic (exact) mass is 238 g/mol. The fraction of sp³-hybridized carbons (Fsp3) is 0.222. The normalized spacial score (nSPS) is 11.3. The van der Waals surface area contributed by atoms with Crippen molar-refractivity contribution in [3.8, 4) is 5.75 Å². The molecule has 1 aromatic rings. The molecule has 82 valence electrons. The van der Waals surface area contributed by atoms with E-state index in [4.69, 9.17) is 11.6 Å². The molecule has 0 heterocycles. The second kappa shape index (κ2) is 4.10. The van der Waals surface area contributed by atoms with Crippen LogP contribution in [-0.4, -0.2) is 13.4 Å². The number of halogens is 4. The van der Waals surface area contributed by atoms with Crippen LogP contribution in [0.3, 0.4) is 0 Å². The summed E-state index contributed by atoms with van der Waals surface area (Å²) in [4.78, 5) is 10.5. The van der Waals surface area contributed by atoms with Gasteiger partial charge in [0.1, 0.15) is 5.75 Å². The van der Waals surface area contributed by atoms with E-state index in [0.29, 0.717) is 0 Å². The molecule has 15 heavy (non-hydrogen) atoms. The summed E-state index contributed by atoms with van der Waals surface area (Å²) in [5.41, 5.74) is -1.33. The number of hydrogen-bond donors (Lipinski definition) is 0. The molecule has 1 aromatic carbocycles. The number of ether oxygens (including phenoxy) is 1. The molecule has 0 bridgehead atoms. The van der Waals surface area contributed by atoms with Crippen LogP contribution < -0.4 is 4.74 Å². The van der Waals surface area contributed by atoms with Gasteiger partial charge in [0, 0.05) is 5.56 Å². The van der Waals surface area contributed by atoms with E-state index in [1.165, 1.54) is 7.11 Å². The zero-order valence-corrected chi connectivity index (χ0v) is 8.32. The smallest absolute Gasteiger partial charge is 0.418 e. The summed E-state index contributed by atoms with van der Waals surface area (Å²) in [6.45, 7) is 0. The second-order valence-corrected chi connectivity index (χ2v) is 3.07. The van der Waals surface area contributed by atoms with E-state index in [1.807, 2.05) is 0 Å². The highest BCUT2D eigenvalue weighted by molar-refractivity contribution is 6.33. The van der Waals surface area contributed by atoms with E-state index in [2.05, 4.69) is 4.74 Å². The van der Waals surface area contributed by atoms with Crippen LogP contribution in [0.1, 0.15) is 15.9 Å². The number of methoxy groups -OCH3 is 1. The van der Waals surface area contributed by atoms with Crippen molar-refractivity contribution in [2.75, 3.05) is 7.11 Å². The van der Waals surface area contributed by atoms with E-state index in [9.17, 15) is 18.0 Å². The van der Waals surface area contributed by atoms with Crippen molar-refractivity contribution in [2.45, 2.75) is 6.18 Å². The number of alkyl halides is 3. The Morgan fingerprint density at radius 2 is 2.00 bits per heavy atom. The van der Waals surface area contributed by atoms with Gasteiger partial charge in [0.15, 0.2) is 6.29 Å². The van der Waals surface area contributed by atoms with Crippen LogP contribution in [0, 0.1) is 0 Å². The molecule has 0 radical (unpaired) electrons. The first-order valence-electron chi connectivity index (χ1n) is 3.80. The fourth-order valence-corrected chi connectivity index (χ4v) is 1.29. The maximum Gasteiger partial charge on any atom is 0.418 e. The number of hydrogen-bond acceptors (Lipinski definition) is 2. The number of aldehydes is 1. The third-order valence-corrected chi connectivity index (χ3v) is 2.16. The van der Waals surface area contributed by atoms with Gasteiger partial charge >= 0.3 is 6.18 Å². The quantitative estimate of drug-likeness (QED) is 0.740. The molecule has 0 N–H and O–H groups in total. The van der Waals surface area contributed by atoms with Gasteiger partial charge in [-0.1, -0.05) is 11.6 Å². The predicted molar refractivity (Wildman–Crippen MR) is 48.4 cm³/mol. The molecule has 0 aliphatic heterocycles. The molecule has 0 saturated heterocycles. The molecule has 0 fully saturated rings. The van der Waals surface area contributed by atoms with Gasteiger partial charge < -0.3 is 4.74 Å². The Morgan fingerprint density at radius 1 is 1.40 bits per heavy atom. The summed E-state index contributed by atoms with van der Waals surface area (Å²) in [6.07, 6.45) is -4.36. The third-order valence-electron chi connectivity index (χ3n) is 1.74. The van der Waals surface area contributed by atoms with E-state index in [1.54, 1.807) is 0 Å². The Hall–Kier alpha value is -1.23. The van der Waals surface area contributed by atoms with Crippen LogP contribution in [0.2, 0.25) is 5.02 Å². The minimum Gasteiger partial charge on any atom is -0.497 e. The number of carbonyl (C=O) groups is 1. The minimum atomic E-state index is -4.61. The van der Waals surface area contributed by atoms with Crippen LogP contribution >= 0.6 is 11.6 Å². The molecule has 0 amide bonds. The summed E-state index contributed by atoms with van der Waals surface area (Å²) in [5.74, 6) is -0.0613. The van der Waals surface area contributed by atoms with Gasteiger partial charge in [-0.2, -0.15) is 13.2 Å². The number of carbonyl (C=O) groups excluding carboxylic acids is 1. The van der Waals surface area contributed by atoms with Gasteiger partial charge in [-0.3, -0.25) is 4.79 Å². The lowest BCUT2D eigenvalue weighted by molar-refractivity contribution is -0.137. The average molecular weight is 239 g/mol. The maximum atomic E-state index is 12.4. The predicted octanol–water partition coefficient (Wildman–Crippen LogP) is 3.18. The van der Waals surface area contributed by atoms with Crippen molar-refractivity contribution in [1.82, 2.24) is 0 Å². The van der Waals surface area contributed by atoms with Crippen LogP contribution in [-0.2, 0) is 6.18 Å². The van der Waals surface area contributed by atoms with Gasteiger partial charge in [-0.15, -0.1) is 0 Å². The molecule has 0 unspecified atom stereocenters. The highest BCUT2D eigenvalue weighted by Gasteiger charge is 2.34. The molecule has 0 aliphatic rings. The topological polar surface area (TPSA) is 26.3 Å². The summed E-state index contributed by atoms with van der Waals surface area (Å²) >= 11 is 5.42. The molecule has 1 rings (SSSR count). The van der Waals surface area contributed by atoms with Gasteiger partial charge in [0.05, 0.1) is 17.7 Å². The average Bonchev–Trinajstić information content (AvgIpc) is 2.16. The van der Waals surface area contributed by atoms with Crippen LogP contribution in [0.25, 0.3) is 0 Å². The molecular weight excluding hydrogens is 233 g/mol. The number of rotatable bonds is 2. The largest absolute Gasteiger partial charge is 0.497 e. The Kier molecular flexibility index (Phi) is 3.24. The van der Waals surface area contributed by atoms with Crippen molar-refractivity contribution < 1.29 is 22.7 Å². The molecule has 0 saturated carbocycles. The van der Waals surface area contributed by atoms with Crippen molar-refractivity contribution in [3.63, 3.8) is 0 Å². The van der Waals surface area contributed by atoms with Gasteiger partial charge in [-0.25, -0.2) is 0 Å². The minimum absolute atomic E-state index is 0.0613. The molecule has 0 atom stereocenters. The summed E-state index contributed by atoms with van der Waals surface area (Å²) in [6, 6.07) is 1.89. The Balaban J connectivity index is 3.44. The molecular formula is C9H6ClF3O2. The fourth-order valence-electron chi connectivity index (χ4n) is 1.03. The van der Waals surface area contributed by atoms with Crippen molar-refractivity contribution in [1.29, 1.82) is 0 Å². The van der Waals surface area contributed by atoms with Crippen LogP contribution in [0.4, 0.5) is 13.2 Å². The lowest BCUT2D eigenvalue weighted by atomic mass is 10.1. The molecule has 0 aliphatic carbocycles. The van der Waals surface area contributed by atoms with Crippen LogP contribution in [0.15, 0.2) is 12.1 Å². The first-order chi connectivity index (χ1) is 6.90. The second-order valence-electron chi connectivity index (χ2n) is 2.69. The highest BCUT2D eigenvalue weighted by Crippen LogP contribution is 2.38. The van der Waals surface area contributed by atoms with Gasteiger partial charge in [0.25, 0.3) is 0 Å². The Morgan fingerprint density at radius 3 is 2.40 bits per heavy atom. The molecule has 0 spiro atoms. The standard InChI is InChI=1S/C9H6ClF3O2/c1-15-6-2-5(4-14)8(10)7(3-6)9(11,12)13/h2-4H,1H3. The maximum absolute atomic E-state index is 12.4. The first-order valence-corrected chi connectivity index (χ1v) is 4.18. The Labute approximate surface area is 88.6 Å². The van der Waals surface area contributed by atoms with Crippen LogP contribution in [0.5, 0.6) is 5.75 Å². The lowest BCUT2D eigenvalue weighted by Gasteiger charge is -2.12. The van der Waals surface area contributed by atoms with E-state index < -0.39 is 16.8 Å².